The van der Waals surface area contributed by atoms with Crippen LogP contribution in [-0.4, -0.2) is 29.9 Å². The number of hydrogen-bond donors (Lipinski definition) is 1. The fourth-order valence-electron chi connectivity index (χ4n) is 4.14. The zero-order valence-corrected chi connectivity index (χ0v) is 13.2. The van der Waals surface area contributed by atoms with Crippen LogP contribution in [0, 0.1) is 11.8 Å². The third-order valence-electron chi connectivity index (χ3n) is 5.34. The Labute approximate surface area is 124 Å². The van der Waals surface area contributed by atoms with Gasteiger partial charge in [0.2, 0.25) is 5.91 Å². The molecule has 20 heavy (non-hydrogen) atoms. The fraction of sp³-hybridized carbons (Fsp3) is 0.941. The Morgan fingerprint density at radius 1 is 1.15 bits per heavy atom. The summed E-state index contributed by atoms with van der Waals surface area (Å²) in [4.78, 5) is 15.2. The molecule has 1 amide bonds. The molecule has 0 aromatic rings. The van der Waals surface area contributed by atoms with Crippen molar-refractivity contribution in [3.8, 4) is 0 Å². The van der Waals surface area contributed by atoms with Crippen LogP contribution < -0.4 is 5.73 Å². The van der Waals surface area contributed by atoms with E-state index in [4.69, 9.17) is 5.73 Å². The molecule has 1 aliphatic heterocycles. The first kappa shape index (κ1) is 15.8. The number of hydrogen-bond acceptors (Lipinski definition) is 2. The predicted octanol–water partition coefficient (Wildman–Crippen LogP) is 3.32. The van der Waals surface area contributed by atoms with Crippen molar-refractivity contribution in [2.45, 2.75) is 77.2 Å². The lowest BCUT2D eigenvalue weighted by molar-refractivity contribution is -0.139. The Hall–Kier alpha value is -0.570. The van der Waals surface area contributed by atoms with Crippen LogP contribution in [-0.2, 0) is 4.79 Å². The molecule has 1 heterocycles. The van der Waals surface area contributed by atoms with Crippen LogP contribution in [0.15, 0.2) is 0 Å². The van der Waals surface area contributed by atoms with Gasteiger partial charge in [-0.15, -0.1) is 0 Å². The van der Waals surface area contributed by atoms with Crippen LogP contribution >= 0.6 is 0 Å². The van der Waals surface area contributed by atoms with Crippen LogP contribution in [0.1, 0.15) is 71.1 Å². The molecule has 2 fully saturated rings. The number of amides is 1. The monoisotopic (exact) mass is 280 g/mol. The molecular weight excluding hydrogens is 248 g/mol. The van der Waals surface area contributed by atoms with E-state index in [-0.39, 0.29) is 5.92 Å². The van der Waals surface area contributed by atoms with Gasteiger partial charge in [-0.1, -0.05) is 32.6 Å². The molecule has 2 aliphatic rings. The molecule has 0 aromatic heterocycles. The summed E-state index contributed by atoms with van der Waals surface area (Å²) in [6.07, 6.45) is 11.9. The normalized spacial score (nSPS) is 31.9. The van der Waals surface area contributed by atoms with Gasteiger partial charge >= 0.3 is 0 Å². The summed E-state index contributed by atoms with van der Waals surface area (Å²) in [5.74, 6) is 1.43. The Bertz CT molecular complexity index is 303. The SMILES string of the molecule is CCC1CCCCCN1C(=O)C1CCCC(CCN)C1. The van der Waals surface area contributed by atoms with E-state index in [1.807, 2.05) is 0 Å². The van der Waals surface area contributed by atoms with Gasteiger partial charge in [0.05, 0.1) is 0 Å². The summed E-state index contributed by atoms with van der Waals surface area (Å²) in [5.41, 5.74) is 5.69. The van der Waals surface area contributed by atoms with Gasteiger partial charge in [-0.25, -0.2) is 0 Å². The summed E-state index contributed by atoms with van der Waals surface area (Å²) >= 11 is 0. The smallest absolute Gasteiger partial charge is 0.225 e. The summed E-state index contributed by atoms with van der Waals surface area (Å²) in [6, 6.07) is 0.500. The Kier molecular flexibility index (Phi) is 6.34. The summed E-state index contributed by atoms with van der Waals surface area (Å²) in [5, 5.41) is 0. The number of rotatable bonds is 4. The van der Waals surface area contributed by atoms with Gasteiger partial charge in [0.15, 0.2) is 0 Å². The number of carbonyl (C=O) groups is 1. The fourth-order valence-corrected chi connectivity index (χ4v) is 4.14. The van der Waals surface area contributed by atoms with Gasteiger partial charge in [0, 0.05) is 18.5 Å². The van der Waals surface area contributed by atoms with Gasteiger partial charge in [0.1, 0.15) is 0 Å². The van der Waals surface area contributed by atoms with Crippen molar-refractivity contribution >= 4 is 5.91 Å². The minimum absolute atomic E-state index is 0.285. The molecule has 1 saturated carbocycles. The lowest BCUT2D eigenvalue weighted by Crippen LogP contribution is -2.44. The molecule has 3 heteroatoms. The van der Waals surface area contributed by atoms with E-state index in [1.54, 1.807) is 0 Å². The van der Waals surface area contributed by atoms with Crippen molar-refractivity contribution in [2.75, 3.05) is 13.1 Å². The molecule has 0 spiro atoms. The minimum Gasteiger partial charge on any atom is -0.339 e. The van der Waals surface area contributed by atoms with Crippen LogP contribution in [0.25, 0.3) is 0 Å². The molecule has 0 radical (unpaired) electrons. The van der Waals surface area contributed by atoms with Gasteiger partial charge in [-0.2, -0.15) is 0 Å². The van der Waals surface area contributed by atoms with Gasteiger partial charge in [0.25, 0.3) is 0 Å². The minimum atomic E-state index is 0.285. The number of nitrogens with zero attached hydrogens (tertiary/aromatic N) is 1. The van der Waals surface area contributed by atoms with Gasteiger partial charge in [-0.05, 0) is 51.0 Å². The van der Waals surface area contributed by atoms with Gasteiger partial charge < -0.3 is 10.6 Å². The van der Waals surface area contributed by atoms with Crippen molar-refractivity contribution < 1.29 is 4.79 Å². The summed E-state index contributed by atoms with van der Waals surface area (Å²) in [6.45, 7) is 4.00. The third-order valence-corrected chi connectivity index (χ3v) is 5.34. The largest absolute Gasteiger partial charge is 0.339 e. The van der Waals surface area contributed by atoms with E-state index >= 15 is 0 Å². The summed E-state index contributed by atoms with van der Waals surface area (Å²) in [7, 11) is 0. The molecule has 1 aliphatic carbocycles. The average molecular weight is 280 g/mol. The highest BCUT2D eigenvalue weighted by molar-refractivity contribution is 5.79. The Balaban J connectivity index is 1.97. The van der Waals surface area contributed by atoms with Crippen molar-refractivity contribution in [2.24, 2.45) is 17.6 Å². The van der Waals surface area contributed by atoms with Crippen LogP contribution in [0.5, 0.6) is 0 Å². The van der Waals surface area contributed by atoms with Crippen molar-refractivity contribution in [1.82, 2.24) is 4.90 Å². The number of carbonyl (C=O) groups excluding carboxylic acids is 1. The molecule has 1 saturated heterocycles. The summed E-state index contributed by atoms with van der Waals surface area (Å²) < 4.78 is 0. The van der Waals surface area contributed by atoms with Crippen LogP contribution in [0.2, 0.25) is 0 Å². The quantitative estimate of drug-likeness (QED) is 0.858. The molecule has 0 aromatic carbocycles. The van der Waals surface area contributed by atoms with Crippen molar-refractivity contribution in [3.05, 3.63) is 0 Å². The Morgan fingerprint density at radius 3 is 2.75 bits per heavy atom. The molecule has 3 unspecified atom stereocenters. The maximum Gasteiger partial charge on any atom is 0.225 e. The van der Waals surface area contributed by atoms with E-state index in [1.165, 1.54) is 38.5 Å². The topological polar surface area (TPSA) is 46.3 Å². The highest BCUT2D eigenvalue weighted by atomic mass is 16.2. The maximum absolute atomic E-state index is 12.9. The molecule has 2 N–H and O–H groups in total. The first-order valence-electron chi connectivity index (χ1n) is 8.76. The molecule has 3 atom stereocenters. The maximum atomic E-state index is 12.9. The average Bonchev–Trinajstić information content (AvgIpc) is 2.72. The third kappa shape index (κ3) is 3.97. The molecule has 2 rings (SSSR count). The lowest BCUT2D eigenvalue weighted by Gasteiger charge is -2.36. The standard InChI is InChI=1S/C17H32N2O/c1-2-16-9-4-3-5-12-19(16)17(20)15-8-6-7-14(13-15)10-11-18/h14-16H,2-13,18H2,1H3. The molecule has 0 bridgehead atoms. The lowest BCUT2D eigenvalue weighted by atomic mass is 9.79. The second-order valence-electron chi connectivity index (χ2n) is 6.75. The number of nitrogens with two attached hydrogens (primary N) is 1. The first-order valence-corrected chi connectivity index (χ1v) is 8.76. The molecule has 3 nitrogen and oxygen atoms in total. The van der Waals surface area contributed by atoms with Crippen molar-refractivity contribution in [1.29, 1.82) is 0 Å². The van der Waals surface area contributed by atoms with E-state index in [2.05, 4.69) is 11.8 Å². The van der Waals surface area contributed by atoms with E-state index in [0.29, 0.717) is 17.9 Å². The van der Waals surface area contributed by atoms with Crippen LogP contribution in [0.3, 0.4) is 0 Å². The van der Waals surface area contributed by atoms with E-state index in [9.17, 15) is 4.79 Å². The zero-order valence-electron chi connectivity index (χ0n) is 13.2. The second-order valence-corrected chi connectivity index (χ2v) is 6.75. The highest BCUT2D eigenvalue weighted by Crippen LogP contribution is 2.33. The molecule has 116 valence electrons. The van der Waals surface area contributed by atoms with Crippen molar-refractivity contribution in [3.63, 3.8) is 0 Å². The number of likely N-dealkylation sites (tertiary alicyclic amines) is 1. The first-order chi connectivity index (χ1) is 9.76. The van der Waals surface area contributed by atoms with Gasteiger partial charge in [-0.3, -0.25) is 4.79 Å². The second kappa shape index (κ2) is 8.02. The van der Waals surface area contributed by atoms with E-state index < -0.39 is 0 Å². The predicted molar refractivity (Wildman–Crippen MR) is 83.4 cm³/mol. The van der Waals surface area contributed by atoms with E-state index in [0.717, 1.165) is 38.8 Å². The zero-order chi connectivity index (χ0) is 14.4. The molecular formula is C17H32N2O. The van der Waals surface area contributed by atoms with Crippen LogP contribution in [0.4, 0.5) is 0 Å². The highest BCUT2D eigenvalue weighted by Gasteiger charge is 2.32. The Morgan fingerprint density at radius 2 is 2.00 bits per heavy atom.